The smallest absolute Gasteiger partial charge is 0.221 e. The lowest BCUT2D eigenvalue weighted by Gasteiger charge is -2.12. The molecule has 1 aromatic rings. The second-order valence-electron chi connectivity index (χ2n) is 3.40. The monoisotopic (exact) mass is 258 g/mol. The lowest BCUT2D eigenvalue weighted by molar-refractivity contribution is 0.578. The molecule has 3 N–H and O–H groups in total. The third kappa shape index (κ3) is 3.55. The molecule has 0 amide bonds. The molecule has 0 radical (unpaired) electrons. The van der Waals surface area contributed by atoms with Crippen LogP contribution in [0.5, 0.6) is 0 Å². The number of sulfonamides is 1. The number of hydrogen-bond acceptors (Lipinski definition) is 3. The number of hydrogen-bond donors (Lipinski definition) is 2. The number of nitrogens with two attached hydrogens (primary N) is 1. The largest absolute Gasteiger partial charge is 0.392 e. The summed E-state index contributed by atoms with van der Waals surface area (Å²) in [4.78, 5) is -0.0273. The highest BCUT2D eigenvalue weighted by Crippen LogP contribution is 2.02. The van der Waals surface area contributed by atoms with Gasteiger partial charge in [-0.2, -0.15) is 0 Å². The summed E-state index contributed by atoms with van der Waals surface area (Å²) in [5.74, 6) is 0. The van der Waals surface area contributed by atoms with Gasteiger partial charge in [0.05, 0.1) is 4.99 Å². The van der Waals surface area contributed by atoms with Crippen molar-refractivity contribution in [3.63, 3.8) is 0 Å². The van der Waals surface area contributed by atoms with E-state index in [0.717, 1.165) is 5.56 Å². The fourth-order valence-electron chi connectivity index (χ4n) is 1.06. The molecule has 0 aliphatic carbocycles. The number of benzene rings is 1. The second kappa shape index (κ2) is 5.38. The predicted octanol–water partition coefficient (Wildman–Crippen LogP) is 0.781. The van der Waals surface area contributed by atoms with Crippen molar-refractivity contribution in [1.29, 1.82) is 0 Å². The predicted molar refractivity (Wildman–Crippen MR) is 68.4 cm³/mol. The summed E-state index contributed by atoms with van der Waals surface area (Å²) in [6.07, 6.45) is 0. The van der Waals surface area contributed by atoms with Gasteiger partial charge < -0.3 is 5.73 Å². The van der Waals surface area contributed by atoms with Crippen molar-refractivity contribution in [2.75, 3.05) is 0 Å². The van der Waals surface area contributed by atoms with Gasteiger partial charge in [-0.15, -0.1) is 0 Å². The Morgan fingerprint density at radius 1 is 1.44 bits per heavy atom. The molecule has 0 saturated heterocycles. The van der Waals surface area contributed by atoms with Gasteiger partial charge in [-0.1, -0.05) is 42.5 Å². The summed E-state index contributed by atoms with van der Waals surface area (Å²) < 4.78 is 25.8. The molecule has 88 valence electrons. The fourth-order valence-corrected chi connectivity index (χ4v) is 2.36. The van der Waals surface area contributed by atoms with Crippen molar-refractivity contribution in [1.82, 2.24) is 4.72 Å². The van der Waals surface area contributed by atoms with Crippen LogP contribution in [0, 0.1) is 0 Å². The van der Waals surface area contributed by atoms with Gasteiger partial charge in [-0.05, 0) is 12.5 Å². The molecule has 6 heteroatoms. The molecule has 0 spiro atoms. The molecule has 0 aliphatic heterocycles. The van der Waals surface area contributed by atoms with Gasteiger partial charge in [-0.3, -0.25) is 0 Å². The fraction of sp³-hybridized carbons (Fsp3) is 0.300. The minimum Gasteiger partial charge on any atom is -0.392 e. The Bertz CT molecular complexity index is 457. The van der Waals surface area contributed by atoms with Crippen LogP contribution in [0.1, 0.15) is 12.5 Å². The van der Waals surface area contributed by atoms with E-state index in [-0.39, 0.29) is 11.5 Å². The average molecular weight is 258 g/mol. The number of rotatable bonds is 5. The van der Waals surface area contributed by atoms with Crippen LogP contribution in [0.4, 0.5) is 0 Å². The van der Waals surface area contributed by atoms with E-state index in [1.165, 1.54) is 6.92 Å². The van der Waals surface area contributed by atoms with Crippen LogP contribution in [0.25, 0.3) is 0 Å². The normalized spacial score (nSPS) is 13.3. The maximum atomic E-state index is 11.7. The van der Waals surface area contributed by atoms with E-state index in [1.807, 2.05) is 30.3 Å². The topological polar surface area (TPSA) is 72.2 Å². The Hall–Kier alpha value is -0.980. The highest BCUT2D eigenvalue weighted by Gasteiger charge is 2.22. The zero-order valence-electron chi connectivity index (χ0n) is 8.88. The molecule has 0 saturated carbocycles. The maximum Gasteiger partial charge on any atom is 0.221 e. The van der Waals surface area contributed by atoms with Crippen molar-refractivity contribution in [2.24, 2.45) is 5.73 Å². The first kappa shape index (κ1) is 13.1. The van der Waals surface area contributed by atoms with Crippen LogP contribution >= 0.6 is 12.2 Å². The van der Waals surface area contributed by atoms with E-state index in [2.05, 4.69) is 16.9 Å². The zero-order chi connectivity index (χ0) is 12.2. The molecule has 1 aromatic carbocycles. The highest BCUT2D eigenvalue weighted by atomic mass is 32.2. The van der Waals surface area contributed by atoms with Gasteiger partial charge in [0.25, 0.3) is 0 Å². The summed E-state index contributed by atoms with van der Waals surface area (Å²) in [5, 5.41) is -0.855. The van der Waals surface area contributed by atoms with E-state index >= 15 is 0 Å². The van der Waals surface area contributed by atoms with Gasteiger partial charge in [0.2, 0.25) is 10.0 Å². The Morgan fingerprint density at radius 2 is 2.00 bits per heavy atom. The molecule has 0 fully saturated rings. The molecule has 0 bridgehead atoms. The lowest BCUT2D eigenvalue weighted by Crippen LogP contribution is -2.39. The summed E-state index contributed by atoms with van der Waals surface area (Å²) in [6, 6.07) is 9.25. The van der Waals surface area contributed by atoms with E-state index in [1.54, 1.807) is 0 Å². The Balaban J connectivity index is 2.65. The molecule has 1 unspecified atom stereocenters. The number of thiocarbonyl (C=S) groups is 1. The summed E-state index contributed by atoms with van der Waals surface area (Å²) in [6.45, 7) is 1.71. The van der Waals surface area contributed by atoms with Gasteiger partial charge in [-0.25, -0.2) is 13.1 Å². The zero-order valence-corrected chi connectivity index (χ0v) is 10.5. The van der Waals surface area contributed by atoms with Crippen molar-refractivity contribution < 1.29 is 8.42 Å². The van der Waals surface area contributed by atoms with E-state index in [0.29, 0.717) is 0 Å². The van der Waals surface area contributed by atoms with Gasteiger partial charge in [0.15, 0.2) is 0 Å². The van der Waals surface area contributed by atoms with Gasteiger partial charge in [0.1, 0.15) is 5.25 Å². The van der Waals surface area contributed by atoms with Crippen molar-refractivity contribution in [3.8, 4) is 0 Å². The minimum absolute atomic E-state index is 0.0273. The minimum atomic E-state index is -3.47. The second-order valence-corrected chi connectivity index (χ2v) is 5.95. The third-order valence-electron chi connectivity index (χ3n) is 2.19. The molecule has 0 heterocycles. The SMILES string of the molecule is CC(C(N)=S)S(=O)(=O)NCc1ccccc1. The summed E-state index contributed by atoms with van der Waals surface area (Å²) in [7, 11) is -3.47. The highest BCUT2D eigenvalue weighted by molar-refractivity contribution is 7.93. The molecule has 4 nitrogen and oxygen atoms in total. The first-order valence-corrected chi connectivity index (χ1v) is 6.70. The standard InChI is InChI=1S/C10H14N2O2S2/c1-8(10(11)15)16(13,14)12-7-9-5-3-2-4-6-9/h2-6,8,12H,7H2,1H3,(H2,11,15). The Labute approximate surface area is 101 Å². The molecule has 1 atom stereocenters. The lowest BCUT2D eigenvalue weighted by atomic mass is 10.2. The van der Waals surface area contributed by atoms with Gasteiger partial charge >= 0.3 is 0 Å². The van der Waals surface area contributed by atoms with E-state index in [4.69, 9.17) is 5.73 Å². The van der Waals surface area contributed by atoms with Crippen LogP contribution in [0.15, 0.2) is 30.3 Å². The first-order chi connectivity index (χ1) is 7.43. The Kier molecular flexibility index (Phi) is 4.40. The van der Waals surface area contributed by atoms with Crippen LogP contribution in [-0.2, 0) is 16.6 Å². The summed E-state index contributed by atoms with van der Waals surface area (Å²) >= 11 is 4.66. The van der Waals surface area contributed by atoms with Crippen LogP contribution in [-0.4, -0.2) is 18.7 Å². The van der Waals surface area contributed by atoms with Crippen LogP contribution in [0.3, 0.4) is 0 Å². The molecular weight excluding hydrogens is 244 g/mol. The quantitative estimate of drug-likeness (QED) is 0.766. The van der Waals surface area contributed by atoms with Gasteiger partial charge in [0, 0.05) is 6.54 Å². The van der Waals surface area contributed by atoms with Crippen LogP contribution < -0.4 is 10.5 Å². The first-order valence-electron chi connectivity index (χ1n) is 4.75. The summed E-state index contributed by atoms with van der Waals surface area (Å²) in [5.41, 5.74) is 6.19. The van der Waals surface area contributed by atoms with E-state index in [9.17, 15) is 8.42 Å². The van der Waals surface area contributed by atoms with Crippen molar-refractivity contribution in [3.05, 3.63) is 35.9 Å². The molecule has 1 rings (SSSR count). The molecule has 16 heavy (non-hydrogen) atoms. The van der Waals surface area contributed by atoms with Crippen molar-refractivity contribution >= 4 is 27.2 Å². The average Bonchev–Trinajstić information content (AvgIpc) is 2.27. The van der Waals surface area contributed by atoms with Crippen LogP contribution in [0.2, 0.25) is 0 Å². The molecule has 0 aliphatic rings. The third-order valence-corrected chi connectivity index (χ3v) is 4.42. The van der Waals surface area contributed by atoms with E-state index < -0.39 is 15.3 Å². The Morgan fingerprint density at radius 3 is 2.50 bits per heavy atom. The molecular formula is C10H14N2O2S2. The molecule has 0 aromatic heterocycles. The number of nitrogens with one attached hydrogen (secondary N) is 1. The van der Waals surface area contributed by atoms with Crippen molar-refractivity contribution in [2.45, 2.75) is 18.7 Å². The maximum absolute atomic E-state index is 11.7.